The molecule has 136 valence electrons. The van der Waals surface area contributed by atoms with E-state index >= 15 is 0 Å². The first-order valence-corrected chi connectivity index (χ1v) is 8.45. The smallest absolute Gasteiger partial charge is 0.343 e. The summed E-state index contributed by atoms with van der Waals surface area (Å²) in [5.41, 5.74) is 6.21. The molecule has 1 heterocycles. The molecular formula is C16H16N4O5S. The van der Waals surface area contributed by atoms with Gasteiger partial charge in [0.25, 0.3) is 0 Å². The van der Waals surface area contributed by atoms with Crippen molar-refractivity contribution in [1.82, 2.24) is 9.97 Å². The number of rotatable bonds is 7. The number of hydrogen-bond acceptors (Lipinski definition) is 8. The molecule has 2 aromatic rings. The molecule has 0 atom stereocenters. The number of benzene rings is 1. The third-order valence-corrected chi connectivity index (χ3v) is 3.88. The van der Waals surface area contributed by atoms with Crippen molar-refractivity contribution in [3.63, 3.8) is 0 Å². The maximum atomic E-state index is 12.0. The van der Waals surface area contributed by atoms with Crippen molar-refractivity contribution in [2.24, 2.45) is 0 Å². The standard InChI is InChI=1S/C16H16N4O5S/c1-2-25-15(24)11-7-18-16(20-13(11)17)26-8-12(21)19-10-5-3-4-9(6-10)14(22)23/h3-7H,2,8H2,1H3,(H,19,21)(H,22,23)(H2,17,18,20). The number of aromatic carboxylic acids is 1. The highest BCUT2D eigenvalue weighted by Crippen LogP contribution is 2.18. The maximum absolute atomic E-state index is 12.0. The summed E-state index contributed by atoms with van der Waals surface area (Å²) < 4.78 is 4.83. The number of ether oxygens (including phenoxy) is 1. The average Bonchev–Trinajstić information content (AvgIpc) is 2.60. The number of carboxylic acids is 1. The van der Waals surface area contributed by atoms with Gasteiger partial charge in [0.2, 0.25) is 5.91 Å². The van der Waals surface area contributed by atoms with Crippen molar-refractivity contribution in [3.8, 4) is 0 Å². The molecule has 26 heavy (non-hydrogen) atoms. The van der Waals surface area contributed by atoms with Crippen molar-refractivity contribution in [2.75, 3.05) is 23.4 Å². The maximum Gasteiger partial charge on any atom is 0.343 e. The molecule has 1 aromatic heterocycles. The lowest BCUT2D eigenvalue weighted by molar-refractivity contribution is -0.113. The molecule has 0 spiro atoms. The number of thioether (sulfide) groups is 1. The van der Waals surface area contributed by atoms with Crippen LogP contribution in [0.4, 0.5) is 11.5 Å². The SMILES string of the molecule is CCOC(=O)c1cnc(SCC(=O)Nc2cccc(C(=O)O)c2)nc1N. The highest BCUT2D eigenvalue weighted by Gasteiger charge is 2.14. The third-order valence-electron chi connectivity index (χ3n) is 3.02. The topological polar surface area (TPSA) is 144 Å². The van der Waals surface area contributed by atoms with Gasteiger partial charge in [-0.25, -0.2) is 19.6 Å². The first kappa shape index (κ1) is 19.2. The van der Waals surface area contributed by atoms with Crippen molar-refractivity contribution in [3.05, 3.63) is 41.6 Å². The number of anilines is 2. The van der Waals surface area contributed by atoms with E-state index in [9.17, 15) is 14.4 Å². The summed E-state index contributed by atoms with van der Waals surface area (Å²) in [4.78, 5) is 42.5. The van der Waals surface area contributed by atoms with Crippen molar-refractivity contribution < 1.29 is 24.2 Å². The number of aromatic nitrogens is 2. The Kier molecular flexibility index (Phi) is 6.50. The molecule has 9 nitrogen and oxygen atoms in total. The fourth-order valence-electron chi connectivity index (χ4n) is 1.87. The Morgan fingerprint density at radius 3 is 2.77 bits per heavy atom. The predicted octanol–water partition coefficient (Wildman–Crippen LogP) is 1.66. The zero-order valence-corrected chi connectivity index (χ0v) is 14.6. The zero-order chi connectivity index (χ0) is 19.1. The minimum Gasteiger partial charge on any atom is -0.478 e. The fraction of sp³-hybridized carbons (Fsp3) is 0.188. The van der Waals surface area contributed by atoms with Gasteiger partial charge in [-0.1, -0.05) is 17.8 Å². The van der Waals surface area contributed by atoms with Crippen LogP contribution in [0.25, 0.3) is 0 Å². The second-order valence-electron chi connectivity index (χ2n) is 4.89. The van der Waals surface area contributed by atoms with Gasteiger partial charge in [-0.2, -0.15) is 0 Å². The van der Waals surface area contributed by atoms with E-state index in [1.807, 2.05) is 0 Å². The molecule has 0 aliphatic rings. The molecule has 0 unspecified atom stereocenters. The molecular weight excluding hydrogens is 360 g/mol. The van der Waals surface area contributed by atoms with Crippen molar-refractivity contribution in [1.29, 1.82) is 0 Å². The molecule has 1 aromatic carbocycles. The van der Waals surface area contributed by atoms with Crippen molar-refractivity contribution in [2.45, 2.75) is 12.1 Å². The van der Waals surface area contributed by atoms with Gasteiger partial charge in [0, 0.05) is 11.9 Å². The number of amides is 1. The number of nitrogen functional groups attached to an aromatic ring is 1. The van der Waals surface area contributed by atoms with Crippen LogP contribution >= 0.6 is 11.8 Å². The van der Waals surface area contributed by atoms with Gasteiger partial charge in [0.05, 0.1) is 17.9 Å². The summed E-state index contributed by atoms with van der Waals surface area (Å²) in [6.45, 7) is 1.88. The summed E-state index contributed by atoms with van der Waals surface area (Å²) in [6, 6.07) is 5.89. The minimum atomic E-state index is -1.08. The molecule has 10 heteroatoms. The van der Waals surface area contributed by atoms with E-state index < -0.39 is 11.9 Å². The molecule has 0 aliphatic carbocycles. The lowest BCUT2D eigenvalue weighted by atomic mass is 10.2. The molecule has 0 aliphatic heterocycles. The van der Waals surface area contributed by atoms with Crippen LogP contribution in [0.1, 0.15) is 27.6 Å². The Balaban J connectivity index is 1.95. The van der Waals surface area contributed by atoms with Gasteiger partial charge >= 0.3 is 11.9 Å². The van der Waals surface area contributed by atoms with E-state index in [-0.39, 0.29) is 40.4 Å². The number of esters is 1. The van der Waals surface area contributed by atoms with Crippen LogP contribution in [0.2, 0.25) is 0 Å². The number of carbonyl (C=O) groups excluding carboxylic acids is 2. The van der Waals surface area contributed by atoms with Gasteiger partial charge in [0.1, 0.15) is 11.4 Å². The number of nitrogens with one attached hydrogen (secondary N) is 1. The number of carbonyl (C=O) groups is 3. The zero-order valence-electron chi connectivity index (χ0n) is 13.8. The molecule has 0 fully saturated rings. The second-order valence-corrected chi connectivity index (χ2v) is 5.84. The van der Waals surface area contributed by atoms with Crippen LogP contribution in [0.3, 0.4) is 0 Å². The Labute approximate surface area is 153 Å². The summed E-state index contributed by atoms with van der Waals surface area (Å²) in [7, 11) is 0. The third kappa shape index (κ3) is 5.18. The lowest BCUT2D eigenvalue weighted by Crippen LogP contribution is -2.15. The van der Waals surface area contributed by atoms with Crippen LogP contribution in [0, 0.1) is 0 Å². The Bertz CT molecular complexity index is 843. The minimum absolute atomic E-state index is 0.0184. The Morgan fingerprint density at radius 1 is 1.35 bits per heavy atom. The quantitative estimate of drug-likeness (QED) is 0.373. The molecule has 1 amide bonds. The number of carboxylic acid groups (broad SMARTS) is 1. The summed E-state index contributed by atoms with van der Waals surface area (Å²) >= 11 is 1.02. The van der Waals surface area contributed by atoms with Crippen LogP contribution in [-0.2, 0) is 9.53 Å². The van der Waals surface area contributed by atoms with E-state index in [0.29, 0.717) is 5.69 Å². The van der Waals surface area contributed by atoms with Gasteiger partial charge in [0.15, 0.2) is 5.16 Å². The van der Waals surface area contributed by atoms with E-state index in [4.69, 9.17) is 15.6 Å². The van der Waals surface area contributed by atoms with E-state index in [2.05, 4.69) is 15.3 Å². The molecule has 0 saturated carbocycles. The van der Waals surface area contributed by atoms with Crippen LogP contribution in [0.15, 0.2) is 35.6 Å². The molecule has 0 bridgehead atoms. The van der Waals surface area contributed by atoms with Gasteiger partial charge in [-0.15, -0.1) is 0 Å². The molecule has 0 radical (unpaired) electrons. The summed E-state index contributed by atoms with van der Waals surface area (Å²) in [5, 5.41) is 11.7. The fourth-order valence-corrected chi connectivity index (χ4v) is 2.49. The largest absolute Gasteiger partial charge is 0.478 e. The van der Waals surface area contributed by atoms with Gasteiger partial charge in [-0.05, 0) is 25.1 Å². The van der Waals surface area contributed by atoms with Gasteiger partial charge in [-0.3, -0.25) is 4.79 Å². The van der Waals surface area contributed by atoms with Crippen molar-refractivity contribution >= 4 is 41.1 Å². The molecule has 0 saturated heterocycles. The first-order valence-electron chi connectivity index (χ1n) is 7.46. The molecule has 2 rings (SSSR count). The second kappa shape index (κ2) is 8.81. The lowest BCUT2D eigenvalue weighted by Gasteiger charge is -2.07. The van der Waals surface area contributed by atoms with Crippen LogP contribution in [0.5, 0.6) is 0 Å². The number of nitrogens with two attached hydrogens (primary N) is 1. The molecule has 4 N–H and O–H groups in total. The first-order chi connectivity index (χ1) is 12.4. The Morgan fingerprint density at radius 2 is 2.12 bits per heavy atom. The van der Waals surface area contributed by atoms with Gasteiger partial charge < -0.3 is 20.9 Å². The predicted molar refractivity (Wildman–Crippen MR) is 95.2 cm³/mol. The average molecular weight is 376 g/mol. The Hall–Kier alpha value is -3.14. The van der Waals surface area contributed by atoms with E-state index in [1.54, 1.807) is 13.0 Å². The summed E-state index contributed by atoms with van der Waals surface area (Å²) in [5.74, 6) is -2.11. The highest BCUT2D eigenvalue weighted by molar-refractivity contribution is 7.99. The number of hydrogen-bond donors (Lipinski definition) is 3. The highest BCUT2D eigenvalue weighted by atomic mass is 32.2. The van der Waals surface area contributed by atoms with E-state index in [0.717, 1.165) is 11.8 Å². The summed E-state index contributed by atoms with van der Waals surface area (Å²) in [6.07, 6.45) is 1.25. The number of nitrogens with zero attached hydrogens (tertiary/aromatic N) is 2. The van der Waals surface area contributed by atoms with Crippen LogP contribution < -0.4 is 11.1 Å². The van der Waals surface area contributed by atoms with E-state index in [1.165, 1.54) is 24.4 Å². The van der Waals surface area contributed by atoms with Crippen LogP contribution in [-0.4, -0.2) is 45.3 Å². The normalized spacial score (nSPS) is 10.2. The monoisotopic (exact) mass is 376 g/mol.